The topological polar surface area (TPSA) is 109 Å². The Balaban J connectivity index is 1.38. The van der Waals surface area contributed by atoms with Gasteiger partial charge in [-0.25, -0.2) is 4.79 Å². The highest BCUT2D eigenvalue weighted by Crippen LogP contribution is 2.36. The van der Waals surface area contributed by atoms with E-state index in [1.54, 1.807) is 12.1 Å². The van der Waals surface area contributed by atoms with E-state index in [2.05, 4.69) is 16.7 Å². The van der Waals surface area contributed by atoms with Crippen molar-refractivity contribution in [3.63, 3.8) is 0 Å². The fraction of sp³-hybridized carbons (Fsp3) is 0.300. The maximum absolute atomic E-state index is 11.7. The third-order valence-electron chi connectivity index (χ3n) is 4.26. The zero-order valence-electron chi connectivity index (χ0n) is 14.9. The van der Waals surface area contributed by atoms with Gasteiger partial charge in [-0.15, -0.1) is 0 Å². The first-order chi connectivity index (χ1) is 13.2. The third-order valence-corrected chi connectivity index (χ3v) is 4.26. The molecule has 4 N–H and O–H groups in total. The number of rotatable bonds is 6. The van der Waals surface area contributed by atoms with Crippen molar-refractivity contribution in [1.82, 2.24) is 5.32 Å². The molecule has 140 valence electrons. The van der Waals surface area contributed by atoms with Crippen molar-refractivity contribution in [2.24, 2.45) is 0 Å². The van der Waals surface area contributed by atoms with Crippen LogP contribution in [0.15, 0.2) is 42.5 Å². The largest absolute Gasteiger partial charge is 0.489 e. The molecule has 2 aromatic rings. The standard InChI is InChI=1S/C20H22N4O3/c21-11-15-9-17(22)19-18(10-15)26-13-16(24-19)7-4-8-23-20(25)27-12-14-5-2-1-3-6-14/h1-3,5-6,9-10,16,24H,4,7-8,12-13,22H2,(H,23,25)/t16-/m0/s1. The molecule has 1 amide bonds. The molecule has 1 atom stereocenters. The molecule has 2 aromatic carbocycles. The minimum Gasteiger partial charge on any atom is -0.489 e. The van der Waals surface area contributed by atoms with Gasteiger partial charge in [0.1, 0.15) is 24.7 Å². The van der Waals surface area contributed by atoms with Crippen molar-refractivity contribution >= 4 is 17.5 Å². The van der Waals surface area contributed by atoms with Crippen molar-refractivity contribution < 1.29 is 14.3 Å². The molecule has 0 aliphatic carbocycles. The lowest BCUT2D eigenvalue weighted by molar-refractivity contribution is 0.139. The average molecular weight is 366 g/mol. The van der Waals surface area contributed by atoms with Crippen LogP contribution in [0.25, 0.3) is 0 Å². The summed E-state index contributed by atoms with van der Waals surface area (Å²) in [5.41, 5.74) is 8.64. The van der Waals surface area contributed by atoms with E-state index in [1.807, 2.05) is 30.3 Å². The van der Waals surface area contributed by atoms with Gasteiger partial charge >= 0.3 is 6.09 Å². The van der Waals surface area contributed by atoms with E-state index in [4.69, 9.17) is 20.5 Å². The highest BCUT2D eigenvalue weighted by Gasteiger charge is 2.21. The Bertz CT molecular complexity index is 833. The van der Waals surface area contributed by atoms with Crippen LogP contribution in [-0.4, -0.2) is 25.3 Å². The zero-order valence-corrected chi connectivity index (χ0v) is 14.9. The van der Waals surface area contributed by atoms with E-state index >= 15 is 0 Å². The molecule has 1 aliphatic rings. The van der Waals surface area contributed by atoms with Crippen molar-refractivity contribution in [2.45, 2.75) is 25.5 Å². The molecule has 7 heteroatoms. The number of carbonyl (C=O) groups is 1. The quantitative estimate of drug-likeness (QED) is 0.535. The Morgan fingerprint density at radius 2 is 2.19 bits per heavy atom. The van der Waals surface area contributed by atoms with E-state index in [-0.39, 0.29) is 12.6 Å². The van der Waals surface area contributed by atoms with E-state index in [1.165, 1.54) is 0 Å². The Morgan fingerprint density at radius 1 is 1.37 bits per heavy atom. The number of ether oxygens (including phenoxy) is 2. The Morgan fingerprint density at radius 3 is 2.96 bits per heavy atom. The van der Waals surface area contributed by atoms with Crippen LogP contribution in [0, 0.1) is 11.3 Å². The summed E-state index contributed by atoms with van der Waals surface area (Å²) in [6, 6.07) is 15.0. The molecular formula is C20H22N4O3. The van der Waals surface area contributed by atoms with Gasteiger partial charge in [0.2, 0.25) is 0 Å². The average Bonchev–Trinajstić information content (AvgIpc) is 2.70. The number of hydrogen-bond acceptors (Lipinski definition) is 6. The number of amides is 1. The number of nitrogens with zero attached hydrogens (tertiary/aromatic N) is 1. The predicted molar refractivity (Wildman–Crippen MR) is 102 cm³/mol. The van der Waals surface area contributed by atoms with Crippen molar-refractivity contribution in [2.75, 3.05) is 24.2 Å². The summed E-state index contributed by atoms with van der Waals surface area (Å²) < 4.78 is 10.9. The molecule has 0 saturated carbocycles. The van der Waals surface area contributed by atoms with Crippen LogP contribution in [0.5, 0.6) is 5.75 Å². The normalized spacial score (nSPS) is 14.9. The lowest BCUT2D eigenvalue weighted by atomic mass is 10.1. The van der Waals surface area contributed by atoms with Gasteiger partial charge in [-0.1, -0.05) is 30.3 Å². The first kappa shape index (κ1) is 18.4. The summed E-state index contributed by atoms with van der Waals surface area (Å²) in [6.07, 6.45) is 1.15. The molecule has 0 fully saturated rings. The first-order valence-corrected chi connectivity index (χ1v) is 8.83. The lowest BCUT2D eigenvalue weighted by Gasteiger charge is -2.28. The van der Waals surface area contributed by atoms with Crippen molar-refractivity contribution in [3.05, 3.63) is 53.6 Å². The van der Waals surface area contributed by atoms with Crippen molar-refractivity contribution in [3.8, 4) is 11.8 Å². The first-order valence-electron chi connectivity index (χ1n) is 8.83. The Kier molecular flexibility index (Phi) is 6.00. The molecule has 1 heterocycles. The van der Waals surface area contributed by atoms with E-state index in [0.717, 1.165) is 24.1 Å². The van der Waals surface area contributed by atoms with Crippen molar-refractivity contribution in [1.29, 1.82) is 5.26 Å². The van der Waals surface area contributed by atoms with E-state index in [0.29, 0.717) is 30.2 Å². The minimum absolute atomic E-state index is 0.0925. The number of anilines is 2. The monoisotopic (exact) mass is 366 g/mol. The van der Waals surface area contributed by atoms with Crippen LogP contribution in [0.4, 0.5) is 16.2 Å². The molecule has 7 nitrogen and oxygen atoms in total. The third kappa shape index (κ3) is 5.05. The van der Waals surface area contributed by atoms with Gasteiger partial charge in [0.15, 0.2) is 0 Å². The van der Waals surface area contributed by atoms with Crippen LogP contribution in [-0.2, 0) is 11.3 Å². The molecular weight excluding hydrogens is 344 g/mol. The summed E-state index contributed by atoms with van der Waals surface area (Å²) in [6.45, 7) is 1.26. The minimum atomic E-state index is -0.426. The Hall–Kier alpha value is -3.40. The fourth-order valence-corrected chi connectivity index (χ4v) is 2.87. The second-order valence-corrected chi connectivity index (χ2v) is 6.33. The zero-order chi connectivity index (χ0) is 19.1. The molecule has 0 radical (unpaired) electrons. The molecule has 27 heavy (non-hydrogen) atoms. The van der Waals surface area contributed by atoms with Gasteiger partial charge in [0.05, 0.1) is 23.4 Å². The second kappa shape index (κ2) is 8.81. The summed E-state index contributed by atoms with van der Waals surface area (Å²) in [5.74, 6) is 0.602. The number of nitriles is 1. The van der Waals surface area contributed by atoms with E-state index < -0.39 is 6.09 Å². The summed E-state index contributed by atoms with van der Waals surface area (Å²) in [4.78, 5) is 11.7. The maximum atomic E-state index is 11.7. The van der Waals surface area contributed by atoms with Gasteiger partial charge in [-0.2, -0.15) is 5.26 Å². The number of fused-ring (bicyclic) bond motifs is 1. The number of nitrogens with one attached hydrogen (secondary N) is 2. The highest BCUT2D eigenvalue weighted by molar-refractivity contribution is 5.76. The van der Waals surface area contributed by atoms with Crippen LogP contribution >= 0.6 is 0 Å². The van der Waals surface area contributed by atoms with Crippen LogP contribution < -0.4 is 21.1 Å². The second-order valence-electron chi connectivity index (χ2n) is 6.33. The van der Waals surface area contributed by atoms with Crippen LogP contribution in [0.2, 0.25) is 0 Å². The number of nitrogen functional groups attached to an aromatic ring is 1. The van der Waals surface area contributed by atoms with Crippen LogP contribution in [0.1, 0.15) is 24.0 Å². The number of hydrogen-bond donors (Lipinski definition) is 3. The number of alkyl carbamates (subject to hydrolysis) is 1. The number of benzene rings is 2. The SMILES string of the molecule is N#Cc1cc(N)c2c(c1)OC[C@H](CCCNC(=O)OCc1ccccc1)N2. The molecule has 0 saturated heterocycles. The molecule has 3 rings (SSSR count). The van der Waals surface area contributed by atoms with Gasteiger partial charge in [0.25, 0.3) is 0 Å². The number of nitrogens with two attached hydrogens (primary N) is 1. The smallest absolute Gasteiger partial charge is 0.407 e. The van der Waals surface area contributed by atoms with Gasteiger partial charge < -0.3 is 25.8 Å². The van der Waals surface area contributed by atoms with Crippen LogP contribution in [0.3, 0.4) is 0 Å². The molecule has 0 bridgehead atoms. The molecule has 0 unspecified atom stereocenters. The maximum Gasteiger partial charge on any atom is 0.407 e. The van der Waals surface area contributed by atoms with Gasteiger partial charge in [-0.05, 0) is 24.5 Å². The highest BCUT2D eigenvalue weighted by atomic mass is 16.5. The Labute approximate surface area is 158 Å². The summed E-state index contributed by atoms with van der Waals surface area (Å²) in [7, 11) is 0. The van der Waals surface area contributed by atoms with E-state index in [9.17, 15) is 4.79 Å². The molecule has 0 spiro atoms. The molecule has 1 aliphatic heterocycles. The molecule has 0 aromatic heterocycles. The predicted octanol–water partition coefficient (Wildman–Crippen LogP) is 3.02. The fourth-order valence-electron chi connectivity index (χ4n) is 2.87. The van der Waals surface area contributed by atoms with Gasteiger partial charge in [-0.3, -0.25) is 0 Å². The summed E-state index contributed by atoms with van der Waals surface area (Å²) in [5, 5.41) is 15.1. The summed E-state index contributed by atoms with van der Waals surface area (Å²) >= 11 is 0. The number of carbonyl (C=O) groups excluding carboxylic acids is 1. The van der Waals surface area contributed by atoms with Gasteiger partial charge in [0, 0.05) is 12.6 Å². The lowest BCUT2D eigenvalue weighted by Crippen LogP contribution is -2.33.